The number of aryl methyl sites for hydroxylation is 1. The van der Waals surface area contributed by atoms with E-state index in [1.807, 2.05) is 36.4 Å². The molecule has 2 heterocycles. The molecule has 33 heavy (non-hydrogen) atoms. The molecule has 2 aliphatic rings. The van der Waals surface area contributed by atoms with E-state index in [2.05, 4.69) is 6.92 Å². The number of rotatable bonds is 8. The molecule has 0 fully saturated rings. The second-order valence-electron chi connectivity index (χ2n) is 8.23. The van der Waals surface area contributed by atoms with Crippen molar-refractivity contribution in [2.24, 2.45) is 5.73 Å². The molecule has 2 aromatic rings. The fourth-order valence-electron chi connectivity index (χ4n) is 4.63. The molecule has 2 atom stereocenters. The number of nitrogens with two attached hydrogens (primary N) is 1. The highest BCUT2D eigenvalue weighted by atomic mass is 32.2. The van der Waals surface area contributed by atoms with Crippen LogP contribution in [0.3, 0.4) is 0 Å². The molecule has 0 saturated heterocycles. The third-order valence-corrected chi connectivity index (χ3v) is 9.42. The largest absolute Gasteiger partial charge is 0.497 e. The number of methoxy groups -OCH3 is 1. The minimum absolute atomic E-state index is 0.109. The van der Waals surface area contributed by atoms with E-state index < -0.39 is 16.9 Å². The molecule has 3 N–H and O–H groups in total. The van der Waals surface area contributed by atoms with E-state index in [1.54, 1.807) is 19.2 Å². The first-order valence-electron chi connectivity index (χ1n) is 11.0. The van der Waals surface area contributed by atoms with Crippen molar-refractivity contribution in [3.63, 3.8) is 0 Å². The molecule has 4 rings (SSSR count). The minimum atomic E-state index is -0.942. The number of primary amides is 1. The maximum atomic E-state index is 12.6. The third-order valence-electron chi connectivity index (χ3n) is 6.34. The van der Waals surface area contributed by atoms with Gasteiger partial charge in [-0.05, 0) is 70.0 Å². The lowest BCUT2D eigenvalue weighted by atomic mass is 9.98. The molecule has 7 heteroatoms. The van der Waals surface area contributed by atoms with Crippen molar-refractivity contribution >= 4 is 22.8 Å². The molecule has 0 spiro atoms. The summed E-state index contributed by atoms with van der Waals surface area (Å²) in [5.41, 5.74) is 10.2. The Morgan fingerprint density at radius 2 is 1.82 bits per heavy atom. The molecular formula is C26H29NO5S. The zero-order chi connectivity index (χ0) is 23.5. The van der Waals surface area contributed by atoms with Crippen LogP contribution in [0.25, 0.3) is 0 Å². The standard InChI is InChI=1S/C26H29NO5S/c1-16(18-6-8-19(9-7-18)26(29)30)33-22(12-5-17-3-10-20(31-2)11-4-17)24(25(27)28)21-13-14-32-15-23(21)33/h3-4,6-11,16,33H,5,12-15H2,1-2H3,(H2,27,28)(H,29,30)/t16-/m0/s1. The zero-order valence-electron chi connectivity index (χ0n) is 18.8. The van der Waals surface area contributed by atoms with E-state index in [0.717, 1.165) is 34.6 Å². The first-order chi connectivity index (χ1) is 15.9. The van der Waals surface area contributed by atoms with Gasteiger partial charge < -0.3 is 20.3 Å². The molecule has 174 valence electrons. The lowest BCUT2D eigenvalue weighted by Gasteiger charge is -2.32. The number of benzene rings is 2. The molecule has 0 aromatic heterocycles. The summed E-state index contributed by atoms with van der Waals surface area (Å²) in [5, 5.41) is 9.35. The Morgan fingerprint density at radius 3 is 2.42 bits per heavy atom. The highest BCUT2D eigenvalue weighted by Crippen LogP contribution is 2.63. The molecule has 0 bridgehead atoms. The molecular weight excluding hydrogens is 438 g/mol. The van der Waals surface area contributed by atoms with Crippen LogP contribution < -0.4 is 10.5 Å². The van der Waals surface area contributed by atoms with E-state index in [-0.39, 0.29) is 16.7 Å². The molecule has 2 aromatic carbocycles. The number of aromatic carboxylic acids is 1. The van der Waals surface area contributed by atoms with Gasteiger partial charge in [0.25, 0.3) is 0 Å². The summed E-state index contributed by atoms with van der Waals surface area (Å²) in [4.78, 5) is 26.2. The van der Waals surface area contributed by atoms with Crippen LogP contribution in [-0.4, -0.2) is 37.3 Å². The van der Waals surface area contributed by atoms with Crippen molar-refractivity contribution in [2.75, 3.05) is 20.3 Å². The number of ether oxygens (including phenoxy) is 2. The van der Waals surface area contributed by atoms with Crippen LogP contribution in [0.5, 0.6) is 5.75 Å². The average Bonchev–Trinajstić information content (AvgIpc) is 3.17. The molecule has 2 aliphatic heterocycles. The van der Waals surface area contributed by atoms with Crippen molar-refractivity contribution in [2.45, 2.75) is 31.4 Å². The maximum absolute atomic E-state index is 12.6. The number of hydrogen-bond acceptors (Lipinski definition) is 4. The fourth-order valence-corrected chi connectivity index (χ4v) is 7.94. The molecule has 0 radical (unpaired) electrons. The Morgan fingerprint density at radius 1 is 1.12 bits per heavy atom. The smallest absolute Gasteiger partial charge is 0.335 e. The Hall–Kier alpha value is -3.03. The topological polar surface area (TPSA) is 98.9 Å². The number of hydrogen-bond donors (Lipinski definition) is 3. The summed E-state index contributed by atoms with van der Waals surface area (Å²) in [5.74, 6) is -0.498. The van der Waals surface area contributed by atoms with Gasteiger partial charge in [-0.1, -0.05) is 31.2 Å². The van der Waals surface area contributed by atoms with Gasteiger partial charge in [-0.25, -0.2) is 4.79 Å². The molecule has 1 unspecified atom stereocenters. The molecule has 0 saturated carbocycles. The first-order valence-corrected chi connectivity index (χ1v) is 12.4. The molecule has 6 nitrogen and oxygen atoms in total. The summed E-state index contributed by atoms with van der Waals surface area (Å²) >= 11 is 0. The lowest BCUT2D eigenvalue weighted by molar-refractivity contribution is -0.114. The SMILES string of the molecule is COc1ccc(CCC2=C(C(N)=O)C3=C(COCC3)[SH]2[C@@H](C)c2ccc(C(=O)O)cc2)cc1. The predicted molar refractivity (Wildman–Crippen MR) is 131 cm³/mol. The van der Waals surface area contributed by atoms with Gasteiger partial charge in [-0.15, -0.1) is 0 Å². The van der Waals surface area contributed by atoms with Crippen LogP contribution in [0.1, 0.15) is 46.5 Å². The monoisotopic (exact) mass is 467 g/mol. The number of thiol groups is 1. The van der Waals surface area contributed by atoms with Gasteiger partial charge in [0, 0.05) is 5.25 Å². The Labute approximate surface area is 196 Å². The second-order valence-corrected chi connectivity index (χ2v) is 10.8. The lowest BCUT2D eigenvalue weighted by Crippen LogP contribution is -2.18. The summed E-state index contributed by atoms with van der Waals surface area (Å²) in [6, 6.07) is 15.0. The van der Waals surface area contributed by atoms with Gasteiger partial charge in [0.2, 0.25) is 5.91 Å². The van der Waals surface area contributed by atoms with Crippen molar-refractivity contribution in [1.82, 2.24) is 0 Å². The van der Waals surface area contributed by atoms with E-state index in [9.17, 15) is 14.7 Å². The van der Waals surface area contributed by atoms with Crippen molar-refractivity contribution in [3.05, 3.63) is 86.2 Å². The zero-order valence-corrected chi connectivity index (χ0v) is 19.7. The van der Waals surface area contributed by atoms with Crippen LogP contribution in [-0.2, 0) is 16.0 Å². The van der Waals surface area contributed by atoms with Crippen molar-refractivity contribution in [1.29, 1.82) is 0 Å². The number of carbonyl (C=O) groups is 2. The van der Waals surface area contributed by atoms with Crippen LogP contribution in [0, 0.1) is 0 Å². The first kappa shape index (κ1) is 23.1. The third kappa shape index (κ3) is 4.70. The van der Waals surface area contributed by atoms with E-state index >= 15 is 0 Å². The van der Waals surface area contributed by atoms with E-state index in [4.69, 9.17) is 15.2 Å². The van der Waals surface area contributed by atoms with Crippen LogP contribution in [0.4, 0.5) is 0 Å². The quantitative estimate of drug-likeness (QED) is 0.496. The highest BCUT2D eigenvalue weighted by molar-refractivity contribution is 8.24. The molecule has 1 amide bonds. The second kappa shape index (κ2) is 9.85. The summed E-state index contributed by atoms with van der Waals surface area (Å²) < 4.78 is 11.1. The fraction of sp³-hybridized carbons (Fsp3) is 0.308. The van der Waals surface area contributed by atoms with Crippen molar-refractivity contribution < 1.29 is 24.2 Å². The van der Waals surface area contributed by atoms with E-state index in [1.165, 1.54) is 10.5 Å². The van der Waals surface area contributed by atoms with Crippen LogP contribution in [0.15, 0.2) is 69.5 Å². The average molecular weight is 468 g/mol. The number of carbonyl (C=O) groups excluding carboxylic acids is 1. The Kier molecular flexibility index (Phi) is 6.91. The van der Waals surface area contributed by atoms with E-state index in [0.29, 0.717) is 25.2 Å². The van der Waals surface area contributed by atoms with Gasteiger partial charge in [-0.3, -0.25) is 4.79 Å². The van der Waals surface area contributed by atoms with Crippen LogP contribution >= 0.6 is 10.9 Å². The summed E-state index contributed by atoms with van der Waals surface area (Å²) in [6.07, 6.45) is 2.23. The van der Waals surface area contributed by atoms with Gasteiger partial charge in [-0.2, -0.15) is 10.9 Å². The molecule has 0 aliphatic carbocycles. The van der Waals surface area contributed by atoms with Gasteiger partial charge >= 0.3 is 5.97 Å². The van der Waals surface area contributed by atoms with Gasteiger partial charge in [0.05, 0.1) is 31.5 Å². The van der Waals surface area contributed by atoms with Gasteiger partial charge in [0.1, 0.15) is 5.75 Å². The Balaban J connectivity index is 1.68. The predicted octanol–water partition coefficient (Wildman–Crippen LogP) is 4.52. The Bertz CT molecular complexity index is 1120. The van der Waals surface area contributed by atoms with Gasteiger partial charge in [0.15, 0.2) is 0 Å². The number of carboxylic acids is 1. The maximum Gasteiger partial charge on any atom is 0.335 e. The van der Waals surface area contributed by atoms with Crippen molar-refractivity contribution in [3.8, 4) is 5.75 Å². The normalized spacial score (nSPS) is 19.9. The highest BCUT2D eigenvalue weighted by Gasteiger charge is 2.37. The van der Waals surface area contributed by atoms with Crippen LogP contribution in [0.2, 0.25) is 0 Å². The summed E-state index contributed by atoms with van der Waals surface area (Å²) in [7, 11) is 0.802. The number of carboxylic acid groups (broad SMARTS) is 1. The summed E-state index contributed by atoms with van der Waals surface area (Å²) in [6.45, 7) is 3.26. The number of amides is 1. The number of allylic oxidation sites excluding steroid dienone is 1. The minimum Gasteiger partial charge on any atom is -0.497 e.